The minimum absolute atomic E-state index is 0.305. The van der Waals surface area contributed by atoms with E-state index in [2.05, 4.69) is 5.32 Å². The number of hydrogen-bond donors (Lipinski definition) is 1. The summed E-state index contributed by atoms with van der Waals surface area (Å²) in [6, 6.07) is 10.2. The number of nitrogens with one attached hydrogen (secondary N) is 1. The van der Waals surface area contributed by atoms with Crippen molar-refractivity contribution in [2.75, 3.05) is 5.32 Å². The predicted octanol–water partition coefficient (Wildman–Crippen LogP) is 6.77. The summed E-state index contributed by atoms with van der Waals surface area (Å²) in [5.74, 6) is -0.305. The zero-order valence-electron chi connectivity index (χ0n) is 10.8. The van der Waals surface area contributed by atoms with E-state index in [9.17, 15) is 4.79 Å². The standard InChI is InChI=1S/C15H7Cl4NOS/c16-7-1-3-9(4-2-7)20-15(21)14-13(19)12-10(18)5-8(17)6-11(12)22-14/h1-6H,(H,20,21). The van der Waals surface area contributed by atoms with E-state index in [1.807, 2.05) is 0 Å². The van der Waals surface area contributed by atoms with Crippen molar-refractivity contribution < 1.29 is 4.79 Å². The van der Waals surface area contributed by atoms with Crippen LogP contribution >= 0.6 is 57.7 Å². The van der Waals surface area contributed by atoms with Gasteiger partial charge in [-0.3, -0.25) is 4.79 Å². The van der Waals surface area contributed by atoms with E-state index in [0.717, 1.165) is 4.70 Å². The van der Waals surface area contributed by atoms with Crippen LogP contribution in [-0.4, -0.2) is 5.91 Å². The summed E-state index contributed by atoms with van der Waals surface area (Å²) < 4.78 is 0.767. The molecule has 0 unspecified atom stereocenters. The Kier molecular flexibility index (Phi) is 4.53. The molecule has 1 N–H and O–H groups in total. The Morgan fingerprint density at radius 3 is 2.32 bits per heavy atom. The number of anilines is 1. The summed E-state index contributed by atoms with van der Waals surface area (Å²) in [5, 5.41) is 5.26. The van der Waals surface area contributed by atoms with Gasteiger partial charge in [0.15, 0.2) is 0 Å². The molecular formula is C15H7Cl4NOS. The maximum absolute atomic E-state index is 12.4. The van der Waals surface area contributed by atoms with Gasteiger partial charge in [-0.25, -0.2) is 0 Å². The van der Waals surface area contributed by atoms with Crippen LogP contribution in [0.5, 0.6) is 0 Å². The zero-order chi connectivity index (χ0) is 15.9. The Bertz CT molecular complexity index is 873. The number of halogens is 4. The SMILES string of the molecule is O=C(Nc1ccc(Cl)cc1)c1sc2cc(Cl)cc(Cl)c2c1Cl. The third-order valence-electron chi connectivity index (χ3n) is 2.96. The van der Waals surface area contributed by atoms with Crippen molar-refractivity contribution in [1.29, 1.82) is 0 Å². The third-order valence-corrected chi connectivity index (χ3v) is 5.35. The lowest BCUT2D eigenvalue weighted by Crippen LogP contribution is -2.10. The molecule has 7 heteroatoms. The van der Waals surface area contributed by atoms with Crippen LogP contribution in [0.25, 0.3) is 10.1 Å². The lowest BCUT2D eigenvalue weighted by molar-refractivity contribution is 0.103. The van der Waals surface area contributed by atoms with Gasteiger partial charge in [-0.05, 0) is 36.4 Å². The maximum Gasteiger partial charge on any atom is 0.267 e. The van der Waals surface area contributed by atoms with Gasteiger partial charge in [0.25, 0.3) is 5.91 Å². The quantitative estimate of drug-likeness (QED) is 0.514. The van der Waals surface area contributed by atoms with Crippen LogP contribution in [0.1, 0.15) is 9.67 Å². The molecule has 0 radical (unpaired) electrons. The minimum atomic E-state index is -0.305. The van der Waals surface area contributed by atoms with E-state index >= 15 is 0 Å². The normalized spacial score (nSPS) is 10.9. The molecule has 2 nitrogen and oxygen atoms in total. The van der Waals surface area contributed by atoms with Crippen molar-refractivity contribution in [3.05, 3.63) is 61.4 Å². The Hall–Kier alpha value is -0.970. The van der Waals surface area contributed by atoms with Gasteiger partial charge in [-0.15, -0.1) is 11.3 Å². The van der Waals surface area contributed by atoms with Gasteiger partial charge in [0.1, 0.15) is 4.88 Å². The van der Waals surface area contributed by atoms with Crippen LogP contribution in [0.4, 0.5) is 5.69 Å². The first-order chi connectivity index (χ1) is 10.5. The predicted molar refractivity (Wildman–Crippen MR) is 96.3 cm³/mol. The average Bonchev–Trinajstić information content (AvgIpc) is 2.78. The highest BCUT2D eigenvalue weighted by molar-refractivity contribution is 7.21. The maximum atomic E-state index is 12.4. The summed E-state index contributed by atoms with van der Waals surface area (Å²) >= 11 is 25.5. The van der Waals surface area contributed by atoms with Gasteiger partial charge in [0.05, 0.1) is 10.0 Å². The topological polar surface area (TPSA) is 29.1 Å². The first-order valence-corrected chi connectivity index (χ1v) is 8.42. The second kappa shape index (κ2) is 6.26. The Balaban J connectivity index is 1.99. The first kappa shape index (κ1) is 15.9. The molecule has 0 saturated carbocycles. The molecule has 0 saturated heterocycles. The van der Waals surface area contributed by atoms with Crippen LogP contribution in [0.2, 0.25) is 20.1 Å². The number of benzene rings is 2. The second-order valence-corrected chi connectivity index (χ2v) is 7.18. The molecule has 0 fully saturated rings. The lowest BCUT2D eigenvalue weighted by Gasteiger charge is -2.03. The first-order valence-electron chi connectivity index (χ1n) is 6.09. The van der Waals surface area contributed by atoms with E-state index in [1.54, 1.807) is 36.4 Å². The molecule has 1 amide bonds. The highest BCUT2D eigenvalue weighted by Gasteiger charge is 2.19. The van der Waals surface area contributed by atoms with E-state index in [4.69, 9.17) is 46.4 Å². The molecule has 0 atom stereocenters. The highest BCUT2D eigenvalue weighted by Crippen LogP contribution is 2.41. The van der Waals surface area contributed by atoms with Gasteiger partial charge in [0.2, 0.25) is 0 Å². The number of carbonyl (C=O) groups is 1. The molecule has 0 aliphatic heterocycles. The smallest absolute Gasteiger partial charge is 0.267 e. The number of thiophene rings is 1. The molecule has 0 aliphatic carbocycles. The Labute approximate surface area is 150 Å². The molecule has 0 spiro atoms. The van der Waals surface area contributed by atoms with Crippen LogP contribution in [0, 0.1) is 0 Å². The molecule has 112 valence electrons. The van der Waals surface area contributed by atoms with Crippen molar-refractivity contribution in [1.82, 2.24) is 0 Å². The van der Waals surface area contributed by atoms with Gasteiger partial charge < -0.3 is 5.32 Å². The third kappa shape index (κ3) is 3.05. The number of fused-ring (bicyclic) bond motifs is 1. The fraction of sp³-hybridized carbons (Fsp3) is 0. The molecule has 1 aromatic heterocycles. The Morgan fingerprint density at radius 2 is 1.64 bits per heavy atom. The number of hydrogen-bond acceptors (Lipinski definition) is 2. The molecule has 2 aromatic carbocycles. The monoisotopic (exact) mass is 389 g/mol. The van der Waals surface area contributed by atoms with Crippen molar-refractivity contribution in [2.45, 2.75) is 0 Å². The van der Waals surface area contributed by atoms with Crippen molar-refractivity contribution in [3.63, 3.8) is 0 Å². The van der Waals surface area contributed by atoms with Crippen molar-refractivity contribution in [2.24, 2.45) is 0 Å². The fourth-order valence-electron chi connectivity index (χ4n) is 1.98. The zero-order valence-corrected chi connectivity index (χ0v) is 14.6. The highest BCUT2D eigenvalue weighted by atomic mass is 35.5. The van der Waals surface area contributed by atoms with Crippen LogP contribution in [-0.2, 0) is 0 Å². The minimum Gasteiger partial charge on any atom is -0.321 e. The summed E-state index contributed by atoms with van der Waals surface area (Å²) in [4.78, 5) is 12.8. The molecular weight excluding hydrogens is 384 g/mol. The summed E-state index contributed by atoms with van der Waals surface area (Å²) in [5.41, 5.74) is 0.632. The molecule has 1 heterocycles. The second-order valence-electron chi connectivity index (χ2n) is 4.47. The number of amides is 1. The van der Waals surface area contributed by atoms with Crippen molar-refractivity contribution >= 4 is 79.4 Å². The van der Waals surface area contributed by atoms with Crippen LogP contribution < -0.4 is 5.32 Å². The molecule has 3 rings (SSSR count). The molecule has 0 aliphatic rings. The van der Waals surface area contributed by atoms with Crippen LogP contribution in [0.3, 0.4) is 0 Å². The number of rotatable bonds is 2. The number of carbonyl (C=O) groups excluding carboxylic acids is 1. The van der Waals surface area contributed by atoms with E-state index in [-0.39, 0.29) is 5.91 Å². The lowest BCUT2D eigenvalue weighted by atomic mass is 10.2. The molecule has 3 aromatic rings. The van der Waals surface area contributed by atoms with E-state index < -0.39 is 0 Å². The van der Waals surface area contributed by atoms with Crippen molar-refractivity contribution in [3.8, 4) is 0 Å². The van der Waals surface area contributed by atoms with Crippen LogP contribution in [0.15, 0.2) is 36.4 Å². The van der Waals surface area contributed by atoms with Gasteiger partial charge in [-0.2, -0.15) is 0 Å². The van der Waals surface area contributed by atoms with Gasteiger partial charge in [-0.1, -0.05) is 46.4 Å². The fourth-order valence-corrected chi connectivity index (χ4v) is 4.38. The molecule has 0 bridgehead atoms. The average molecular weight is 391 g/mol. The van der Waals surface area contributed by atoms with E-state index in [0.29, 0.717) is 36.0 Å². The summed E-state index contributed by atoms with van der Waals surface area (Å²) in [6.07, 6.45) is 0. The Morgan fingerprint density at radius 1 is 0.955 bits per heavy atom. The van der Waals surface area contributed by atoms with Gasteiger partial charge >= 0.3 is 0 Å². The summed E-state index contributed by atoms with van der Waals surface area (Å²) in [7, 11) is 0. The molecule has 22 heavy (non-hydrogen) atoms. The largest absolute Gasteiger partial charge is 0.321 e. The van der Waals surface area contributed by atoms with Gasteiger partial charge in [0, 0.05) is 25.8 Å². The summed E-state index contributed by atoms with van der Waals surface area (Å²) in [6.45, 7) is 0. The van der Waals surface area contributed by atoms with E-state index in [1.165, 1.54) is 11.3 Å².